The maximum atomic E-state index is 12.9. The molecule has 140 valence electrons. The molecule has 0 aromatic heterocycles. The molecule has 1 aliphatic heterocycles. The molecule has 0 bridgehead atoms. The zero-order chi connectivity index (χ0) is 19.4. The zero-order valence-corrected chi connectivity index (χ0v) is 15.9. The summed E-state index contributed by atoms with van der Waals surface area (Å²) in [5.74, 6) is -1.08. The van der Waals surface area contributed by atoms with Gasteiger partial charge in [0.15, 0.2) is 0 Å². The van der Waals surface area contributed by atoms with E-state index in [9.17, 15) is 18.0 Å². The Balaban J connectivity index is 1.57. The first-order chi connectivity index (χ1) is 12.7. The van der Waals surface area contributed by atoms with Crippen LogP contribution in [0.4, 0.5) is 5.69 Å². The molecule has 2 unspecified atom stereocenters. The number of nitrogens with one attached hydrogen (secondary N) is 1. The lowest BCUT2D eigenvalue weighted by Crippen LogP contribution is -2.37. The largest absolute Gasteiger partial charge is 0.284 e. The van der Waals surface area contributed by atoms with Crippen LogP contribution < -0.4 is 4.72 Å². The van der Waals surface area contributed by atoms with Crippen molar-refractivity contribution in [1.82, 2.24) is 4.90 Å². The lowest BCUT2D eigenvalue weighted by molar-refractivity contribution is -0.143. The third-order valence-corrected chi connectivity index (χ3v) is 6.16. The molecule has 1 saturated carbocycles. The predicted molar refractivity (Wildman–Crippen MR) is 101 cm³/mol. The molecule has 2 aliphatic rings. The molecule has 6 nitrogen and oxygen atoms in total. The number of rotatable bonds is 5. The number of amides is 2. The number of hydrogen-bond donors (Lipinski definition) is 1. The topological polar surface area (TPSA) is 83.6 Å². The maximum absolute atomic E-state index is 12.9. The van der Waals surface area contributed by atoms with Crippen molar-refractivity contribution >= 4 is 27.5 Å². The second-order valence-electron chi connectivity index (χ2n) is 7.44. The van der Waals surface area contributed by atoms with E-state index in [4.69, 9.17) is 0 Å². The number of nitrogens with zero attached hydrogens (tertiary/aromatic N) is 1. The fraction of sp³-hybridized carbons (Fsp3) is 0.300. The monoisotopic (exact) mass is 384 g/mol. The predicted octanol–water partition coefficient (Wildman–Crippen LogP) is 2.13. The number of piperidine rings is 1. The Kier molecular flexibility index (Phi) is 3.89. The van der Waals surface area contributed by atoms with Crippen LogP contribution in [-0.4, -0.2) is 31.4 Å². The molecule has 2 aromatic carbocycles. The molecule has 2 fully saturated rings. The van der Waals surface area contributed by atoms with Crippen molar-refractivity contribution in [3.63, 3.8) is 0 Å². The van der Waals surface area contributed by atoms with Gasteiger partial charge in [-0.15, -0.1) is 0 Å². The number of anilines is 1. The van der Waals surface area contributed by atoms with Crippen molar-refractivity contribution in [3.8, 4) is 0 Å². The van der Waals surface area contributed by atoms with Crippen LogP contribution in [0.1, 0.15) is 18.1 Å². The molecule has 1 aliphatic carbocycles. The number of hydrogen-bond acceptors (Lipinski definition) is 4. The minimum Gasteiger partial charge on any atom is -0.284 e. The van der Waals surface area contributed by atoms with Crippen LogP contribution in [0.3, 0.4) is 0 Å². The summed E-state index contributed by atoms with van der Waals surface area (Å²) < 4.78 is 25.4. The van der Waals surface area contributed by atoms with Gasteiger partial charge in [0.25, 0.3) is 0 Å². The Morgan fingerprint density at radius 1 is 1.00 bits per heavy atom. The van der Waals surface area contributed by atoms with Crippen LogP contribution >= 0.6 is 0 Å². The summed E-state index contributed by atoms with van der Waals surface area (Å²) >= 11 is 0. The van der Waals surface area contributed by atoms with Crippen molar-refractivity contribution in [2.75, 3.05) is 11.0 Å². The number of carbonyl (C=O) groups is 2. The van der Waals surface area contributed by atoms with Crippen LogP contribution in [0, 0.1) is 11.8 Å². The summed E-state index contributed by atoms with van der Waals surface area (Å²) in [4.78, 5) is 27.1. The molecule has 0 radical (unpaired) electrons. The highest BCUT2D eigenvalue weighted by Crippen LogP contribution is 2.64. The van der Waals surface area contributed by atoms with Gasteiger partial charge in [0.2, 0.25) is 21.8 Å². The SMILES string of the molecule is CC1(c2cccc(NS(C)(=O)=O)c2)C2C(=O)N(Cc3ccccc3)C(=O)C21. The van der Waals surface area contributed by atoms with Gasteiger partial charge in [0, 0.05) is 11.1 Å². The molecule has 1 heterocycles. The minimum absolute atomic E-state index is 0.155. The zero-order valence-electron chi connectivity index (χ0n) is 15.0. The van der Waals surface area contributed by atoms with Crippen LogP contribution in [0.25, 0.3) is 0 Å². The first-order valence-electron chi connectivity index (χ1n) is 8.69. The Labute approximate surface area is 158 Å². The second-order valence-corrected chi connectivity index (χ2v) is 9.19. The van der Waals surface area contributed by atoms with Gasteiger partial charge in [-0.2, -0.15) is 0 Å². The van der Waals surface area contributed by atoms with Crippen molar-refractivity contribution in [3.05, 3.63) is 65.7 Å². The van der Waals surface area contributed by atoms with Gasteiger partial charge < -0.3 is 0 Å². The third-order valence-electron chi connectivity index (χ3n) is 5.55. The fourth-order valence-corrected chi connectivity index (χ4v) is 4.72. The van der Waals surface area contributed by atoms with Crippen LogP contribution in [0.5, 0.6) is 0 Å². The van der Waals surface area contributed by atoms with Crippen LogP contribution in [0.15, 0.2) is 54.6 Å². The molecule has 1 N–H and O–H groups in total. The van der Waals surface area contributed by atoms with Crippen LogP contribution in [0.2, 0.25) is 0 Å². The van der Waals surface area contributed by atoms with Gasteiger partial charge in [-0.3, -0.25) is 19.2 Å². The molecule has 2 amide bonds. The summed E-state index contributed by atoms with van der Waals surface area (Å²) in [6.07, 6.45) is 1.09. The van der Waals surface area contributed by atoms with E-state index in [2.05, 4.69) is 4.72 Å². The maximum Gasteiger partial charge on any atom is 0.234 e. The summed E-state index contributed by atoms with van der Waals surface area (Å²) in [6, 6.07) is 16.4. The first-order valence-corrected chi connectivity index (χ1v) is 10.6. The van der Waals surface area contributed by atoms with E-state index in [-0.39, 0.29) is 30.2 Å². The molecule has 2 atom stereocenters. The molecular formula is C20H20N2O4S. The Morgan fingerprint density at radius 2 is 1.63 bits per heavy atom. The first kappa shape index (κ1) is 17.7. The summed E-state index contributed by atoms with van der Waals surface area (Å²) in [7, 11) is -3.39. The van der Waals surface area contributed by atoms with Gasteiger partial charge in [0.1, 0.15) is 0 Å². The van der Waals surface area contributed by atoms with Crippen molar-refractivity contribution in [1.29, 1.82) is 0 Å². The van der Waals surface area contributed by atoms with Gasteiger partial charge in [0.05, 0.1) is 24.6 Å². The van der Waals surface area contributed by atoms with Crippen molar-refractivity contribution in [2.24, 2.45) is 11.8 Å². The van der Waals surface area contributed by atoms with E-state index in [0.717, 1.165) is 17.4 Å². The third kappa shape index (κ3) is 2.92. The van der Waals surface area contributed by atoms with E-state index in [1.54, 1.807) is 18.2 Å². The summed E-state index contributed by atoms with van der Waals surface area (Å²) in [5.41, 5.74) is 1.56. The lowest BCUT2D eigenvalue weighted by atomic mass is 9.91. The highest BCUT2D eigenvalue weighted by Gasteiger charge is 2.75. The summed E-state index contributed by atoms with van der Waals surface area (Å²) in [6.45, 7) is 2.19. The number of carbonyl (C=O) groups excluding carboxylic acids is 2. The van der Waals surface area contributed by atoms with E-state index in [1.807, 2.05) is 43.3 Å². The Morgan fingerprint density at radius 3 is 2.22 bits per heavy atom. The molecule has 1 saturated heterocycles. The highest BCUT2D eigenvalue weighted by atomic mass is 32.2. The lowest BCUT2D eigenvalue weighted by Gasteiger charge is -2.23. The Bertz CT molecular complexity index is 1010. The van der Waals surface area contributed by atoms with E-state index in [0.29, 0.717) is 5.69 Å². The number of likely N-dealkylation sites (tertiary alicyclic amines) is 1. The molecule has 7 heteroatoms. The normalized spacial score (nSPS) is 26.8. The van der Waals surface area contributed by atoms with E-state index in [1.165, 1.54) is 4.90 Å². The van der Waals surface area contributed by atoms with Gasteiger partial charge in [-0.1, -0.05) is 49.4 Å². The number of sulfonamides is 1. The Hall–Kier alpha value is -2.67. The average Bonchev–Trinajstić information content (AvgIpc) is 3.17. The highest BCUT2D eigenvalue weighted by molar-refractivity contribution is 7.92. The van der Waals surface area contributed by atoms with Crippen molar-refractivity contribution in [2.45, 2.75) is 18.9 Å². The average molecular weight is 384 g/mol. The van der Waals surface area contributed by atoms with Gasteiger partial charge in [-0.05, 0) is 23.3 Å². The smallest absolute Gasteiger partial charge is 0.234 e. The number of fused-ring (bicyclic) bond motifs is 1. The fourth-order valence-electron chi connectivity index (χ4n) is 4.17. The number of benzene rings is 2. The standard InChI is InChI=1S/C20H20N2O4S/c1-20(14-9-6-10-15(11-14)21-27(2,25)26)16-17(20)19(24)22(18(16)23)12-13-7-4-3-5-8-13/h3-11,16-17,21H,12H2,1-2H3. The molecule has 0 spiro atoms. The molecule has 27 heavy (non-hydrogen) atoms. The van der Waals surface area contributed by atoms with Crippen LogP contribution in [-0.2, 0) is 31.6 Å². The minimum atomic E-state index is -3.39. The molecule has 4 rings (SSSR count). The molecular weight excluding hydrogens is 364 g/mol. The van der Waals surface area contributed by atoms with Crippen molar-refractivity contribution < 1.29 is 18.0 Å². The summed E-state index contributed by atoms with van der Waals surface area (Å²) in [5, 5.41) is 0. The van der Waals surface area contributed by atoms with E-state index >= 15 is 0 Å². The molecule has 2 aromatic rings. The quantitative estimate of drug-likeness (QED) is 0.801. The second kappa shape index (κ2) is 5.92. The van der Waals surface area contributed by atoms with Gasteiger partial charge in [-0.25, -0.2) is 8.42 Å². The van der Waals surface area contributed by atoms with Gasteiger partial charge >= 0.3 is 0 Å². The number of imide groups is 1. The van der Waals surface area contributed by atoms with E-state index < -0.39 is 15.4 Å².